The number of carbonyl (C=O) groups is 1. The summed E-state index contributed by atoms with van der Waals surface area (Å²) in [4.78, 5) is 12.5. The third-order valence-electron chi connectivity index (χ3n) is 3.17. The van der Waals surface area contributed by atoms with Crippen LogP contribution in [0.15, 0.2) is 71.3 Å². The Morgan fingerprint density at radius 1 is 0.950 bits per heavy atom. The second-order valence-electron chi connectivity index (χ2n) is 4.61. The third kappa shape index (κ3) is 2.26. The van der Waals surface area contributed by atoms with E-state index in [0.717, 1.165) is 17.0 Å². The van der Waals surface area contributed by atoms with E-state index in [1.54, 1.807) is 0 Å². The van der Waals surface area contributed by atoms with Crippen molar-refractivity contribution >= 4 is 23.4 Å². The van der Waals surface area contributed by atoms with Crippen molar-refractivity contribution in [1.29, 1.82) is 0 Å². The van der Waals surface area contributed by atoms with Crippen molar-refractivity contribution in [1.82, 2.24) is 0 Å². The molecule has 3 rings (SSSR count). The minimum absolute atomic E-state index is 0.0856. The van der Waals surface area contributed by atoms with Gasteiger partial charge in [-0.1, -0.05) is 48.5 Å². The number of anilines is 1. The van der Waals surface area contributed by atoms with Crippen molar-refractivity contribution in [3.8, 4) is 0 Å². The van der Waals surface area contributed by atoms with Gasteiger partial charge in [-0.05, 0) is 30.7 Å². The average Bonchev–Trinajstić information content (AvgIpc) is 2.77. The van der Waals surface area contributed by atoms with E-state index in [2.05, 4.69) is 5.10 Å². The summed E-state index contributed by atoms with van der Waals surface area (Å²) in [5.41, 5.74) is 3.16. The molecule has 0 saturated carbocycles. The highest BCUT2D eigenvalue weighted by atomic mass is 16.2. The number of nitrogens with zero attached hydrogens (tertiary/aromatic N) is 2. The Hall–Kier alpha value is -2.68. The Morgan fingerprint density at radius 2 is 1.55 bits per heavy atom. The summed E-state index contributed by atoms with van der Waals surface area (Å²) in [5, 5.41) is 5.80. The van der Waals surface area contributed by atoms with Gasteiger partial charge in [-0.2, -0.15) is 10.1 Å². The summed E-state index contributed by atoms with van der Waals surface area (Å²) in [7, 11) is 0. The highest BCUT2D eigenvalue weighted by molar-refractivity contribution is 6.32. The van der Waals surface area contributed by atoms with E-state index >= 15 is 0 Å². The Labute approximate surface area is 117 Å². The maximum Gasteiger partial charge on any atom is 0.280 e. The van der Waals surface area contributed by atoms with E-state index in [1.807, 2.05) is 73.7 Å². The summed E-state index contributed by atoms with van der Waals surface area (Å²) in [6, 6.07) is 19.3. The smallest absolute Gasteiger partial charge is 0.267 e. The van der Waals surface area contributed by atoms with E-state index in [4.69, 9.17) is 0 Å². The van der Waals surface area contributed by atoms with Gasteiger partial charge in [0.1, 0.15) is 0 Å². The van der Waals surface area contributed by atoms with Crippen molar-refractivity contribution in [2.75, 3.05) is 5.01 Å². The number of rotatable bonds is 2. The second kappa shape index (κ2) is 5.13. The van der Waals surface area contributed by atoms with Gasteiger partial charge < -0.3 is 0 Å². The van der Waals surface area contributed by atoms with Crippen molar-refractivity contribution < 1.29 is 4.79 Å². The quantitative estimate of drug-likeness (QED) is 0.762. The van der Waals surface area contributed by atoms with Crippen LogP contribution in [0.3, 0.4) is 0 Å². The van der Waals surface area contributed by atoms with Gasteiger partial charge >= 0.3 is 0 Å². The molecule has 0 bridgehead atoms. The van der Waals surface area contributed by atoms with Gasteiger partial charge in [0.15, 0.2) is 0 Å². The van der Waals surface area contributed by atoms with Crippen LogP contribution in [0, 0.1) is 0 Å². The number of hydrogen-bond acceptors (Lipinski definition) is 2. The van der Waals surface area contributed by atoms with Crippen molar-refractivity contribution in [2.45, 2.75) is 6.92 Å². The lowest BCUT2D eigenvalue weighted by Gasteiger charge is -2.10. The standard InChI is InChI=1S/C17H14N2O/c1-13-16(12-14-8-4-2-5-9-14)17(20)19(18-13)15-10-6-3-7-11-15/h2-12H,1H3. The molecule has 3 heteroatoms. The molecule has 1 heterocycles. The third-order valence-corrected chi connectivity index (χ3v) is 3.17. The number of benzene rings is 2. The zero-order chi connectivity index (χ0) is 13.9. The molecule has 98 valence electrons. The fourth-order valence-electron chi connectivity index (χ4n) is 2.14. The predicted octanol–water partition coefficient (Wildman–Crippen LogP) is 3.49. The number of carbonyl (C=O) groups excluding carboxylic acids is 1. The van der Waals surface area contributed by atoms with Crippen LogP contribution < -0.4 is 5.01 Å². The molecule has 2 aromatic carbocycles. The molecule has 2 aromatic rings. The van der Waals surface area contributed by atoms with Crippen LogP contribution in [0.5, 0.6) is 0 Å². The maximum atomic E-state index is 12.5. The van der Waals surface area contributed by atoms with Gasteiger partial charge in [0, 0.05) is 0 Å². The molecule has 0 N–H and O–H groups in total. The van der Waals surface area contributed by atoms with E-state index in [9.17, 15) is 4.79 Å². The number of para-hydroxylation sites is 1. The topological polar surface area (TPSA) is 32.7 Å². The zero-order valence-electron chi connectivity index (χ0n) is 11.2. The molecule has 0 atom stereocenters. The van der Waals surface area contributed by atoms with Crippen LogP contribution in [0.2, 0.25) is 0 Å². The zero-order valence-corrected chi connectivity index (χ0v) is 11.2. The molecule has 20 heavy (non-hydrogen) atoms. The Kier molecular flexibility index (Phi) is 3.17. The summed E-state index contributed by atoms with van der Waals surface area (Å²) < 4.78 is 0. The summed E-state index contributed by atoms with van der Waals surface area (Å²) in [5.74, 6) is -0.0856. The molecule has 1 aliphatic heterocycles. The minimum atomic E-state index is -0.0856. The molecular formula is C17H14N2O. The van der Waals surface area contributed by atoms with Gasteiger partial charge in [0.25, 0.3) is 5.91 Å². The molecular weight excluding hydrogens is 248 g/mol. The first-order valence-corrected chi connectivity index (χ1v) is 6.47. The highest BCUT2D eigenvalue weighted by Crippen LogP contribution is 2.24. The molecule has 0 aliphatic carbocycles. The molecule has 3 nitrogen and oxygen atoms in total. The average molecular weight is 262 g/mol. The summed E-state index contributed by atoms with van der Waals surface area (Å²) in [6.07, 6.45) is 1.88. The van der Waals surface area contributed by atoms with E-state index in [1.165, 1.54) is 5.01 Å². The van der Waals surface area contributed by atoms with Crippen LogP contribution in [0.25, 0.3) is 6.08 Å². The molecule has 0 fully saturated rings. The van der Waals surface area contributed by atoms with Crippen molar-refractivity contribution in [3.63, 3.8) is 0 Å². The van der Waals surface area contributed by atoms with E-state index < -0.39 is 0 Å². The maximum absolute atomic E-state index is 12.5. The van der Waals surface area contributed by atoms with Gasteiger partial charge in [-0.3, -0.25) is 4.79 Å². The van der Waals surface area contributed by atoms with Crippen LogP contribution in [-0.2, 0) is 4.79 Å². The molecule has 0 saturated heterocycles. The molecule has 1 aliphatic rings. The van der Waals surface area contributed by atoms with E-state index in [-0.39, 0.29) is 5.91 Å². The predicted molar refractivity (Wildman–Crippen MR) is 81.5 cm³/mol. The summed E-state index contributed by atoms with van der Waals surface area (Å²) >= 11 is 0. The first-order valence-electron chi connectivity index (χ1n) is 6.47. The first kappa shape index (κ1) is 12.4. The van der Waals surface area contributed by atoms with Gasteiger partial charge in [0.05, 0.1) is 17.0 Å². The van der Waals surface area contributed by atoms with Gasteiger partial charge in [-0.15, -0.1) is 0 Å². The van der Waals surface area contributed by atoms with Crippen LogP contribution in [-0.4, -0.2) is 11.6 Å². The Morgan fingerprint density at radius 3 is 2.20 bits per heavy atom. The number of hydrogen-bond donors (Lipinski definition) is 0. The summed E-state index contributed by atoms with van der Waals surface area (Å²) in [6.45, 7) is 1.86. The van der Waals surface area contributed by atoms with E-state index in [0.29, 0.717) is 5.57 Å². The lowest BCUT2D eigenvalue weighted by atomic mass is 10.1. The normalized spacial score (nSPS) is 16.6. The van der Waals surface area contributed by atoms with Crippen LogP contribution in [0.4, 0.5) is 5.69 Å². The lowest BCUT2D eigenvalue weighted by molar-refractivity contribution is -0.114. The van der Waals surface area contributed by atoms with Gasteiger partial charge in [0.2, 0.25) is 0 Å². The van der Waals surface area contributed by atoms with Crippen LogP contribution >= 0.6 is 0 Å². The van der Waals surface area contributed by atoms with Crippen molar-refractivity contribution in [2.24, 2.45) is 5.10 Å². The monoisotopic (exact) mass is 262 g/mol. The minimum Gasteiger partial charge on any atom is -0.267 e. The Balaban J connectivity index is 1.96. The fourth-order valence-corrected chi connectivity index (χ4v) is 2.14. The first-order chi connectivity index (χ1) is 9.75. The van der Waals surface area contributed by atoms with Crippen molar-refractivity contribution in [3.05, 3.63) is 71.8 Å². The molecule has 0 unspecified atom stereocenters. The van der Waals surface area contributed by atoms with Gasteiger partial charge in [-0.25, -0.2) is 0 Å². The molecule has 0 aromatic heterocycles. The lowest BCUT2D eigenvalue weighted by Crippen LogP contribution is -2.21. The fraction of sp³-hybridized carbons (Fsp3) is 0.0588. The second-order valence-corrected chi connectivity index (χ2v) is 4.61. The largest absolute Gasteiger partial charge is 0.280 e. The molecule has 0 spiro atoms. The number of amides is 1. The molecule has 1 amide bonds. The number of hydrazone groups is 1. The SMILES string of the molecule is CC1=NN(c2ccccc2)C(=O)C1=Cc1ccccc1. The van der Waals surface area contributed by atoms with Crippen LogP contribution in [0.1, 0.15) is 12.5 Å². The molecule has 0 radical (unpaired) electrons. The highest BCUT2D eigenvalue weighted by Gasteiger charge is 2.28. The Bertz CT molecular complexity index is 687.